The van der Waals surface area contributed by atoms with Crippen LogP contribution in [-0.4, -0.2) is 20.9 Å². The molecular weight excluding hydrogens is 492 g/mol. The first-order valence-electron chi connectivity index (χ1n) is 13.0. The zero-order valence-corrected chi connectivity index (χ0v) is 22.7. The lowest BCUT2D eigenvalue weighted by Gasteiger charge is -2.23. The van der Waals surface area contributed by atoms with Crippen LogP contribution in [0.5, 0.6) is 0 Å². The van der Waals surface area contributed by atoms with Crippen molar-refractivity contribution in [2.24, 2.45) is 0 Å². The van der Waals surface area contributed by atoms with Gasteiger partial charge in [-0.05, 0) is 75.8 Å². The van der Waals surface area contributed by atoms with Gasteiger partial charge in [0.25, 0.3) is 0 Å². The normalized spacial score (nSPS) is 18.0. The van der Waals surface area contributed by atoms with Gasteiger partial charge in [-0.1, -0.05) is 43.7 Å². The molecule has 0 radical (unpaired) electrons. The minimum Gasteiger partial charge on any atom is -0.383 e. The number of nitrogens with two attached hydrogens (primary N) is 1. The summed E-state index contributed by atoms with van der Waals surface area (Å²) >= 11 is 0. The number of allylic oxidation sites excluding steroid dienone is 9. The second-order valence-electron chi connectivity index (χ2n) is 9.67. The second kappa shape index (κ2) is 12.4. The van der Waals surface area contributed by atoms with E-state index < -0.39 is 17.6 Å². The summed E-state index contributed by atoms with van der Waals surface area (Å²) in [5, 5.41) is 4.29. The molecule has 1 unspecified atom stereocenters. The Kier molecular flexibility index (Phi) is 9.52. The highest BCUT2D eigenvalue weighted by Crippen LogP contribution is 2.37. The van der Waals surface area contributed by atoms with Crippen LogP contribution in [0.25, 0.3) is 11.6 Å². The average molecular weight is 529 g/mol. The zero-order valence-electron chi connectivity index (χ0n) is 22.7. The fourth-order valence-electron chi connectivity index (χ4n) is 4.80. The molecule has 0 saturated carbocycles. The molecule has 0 bridgehead atoms. The summed E-state index contributed by atoms with van der Waals surface area (Å²) in [5.41, 5.74) is 11.2. The molecule has 1 aliphatic carbocycles. The first kappa shape index (κ1) is 29.1. The Bertz CT molecular complexity index is 1280. The van der Waals surface area contributed by atoms with Crippen molar-refractivity contribution in [1.29, 1.82) is 0 Å². The third kappa shape index (κ3) is 6.71. The number of halogens is 4. The molecule has 1 atom stereocenters. The standard InChI is InChI=1S/C17H20F4N2.C13H16N2/c1-3-7-12(17(19,20)21)10-14(15(18)4-2)16-11-13-8-5-6-9-23(13)22-16;1-8(2)11-5-4-10-6-7-15-13(14)12(10)9(11)3/h4,7,10-11H,3,5-6,8-9H2,1-2H3;4-7,9H,1-3H3,(H2,14,15)/b12-7-,14-10+,15-4+;. The first-order valence-corrected chi connectivity index (χ1v) is 13.0. The number of aromatic nitrogens is 3. The van der Waals surface area contributed by atoms with Crippen LogP contribution < -0.4 is 5.73 Å². The van der Waals surface area contributed by atoms with Crippen molar-refractivity contribution in [3.8, 4) is 0 Å². The summed E-state index contributed by atoms with van der Waals surface area (Å²) in [6.45, 7) is 10.2. The molecule has 2 N–H and O–H groups in total. The molecule has 0 saturated heterocycles. The van der Waals surface area contributed by atoms with E-state index in [2.05, 4.69) is 43.0 Å². The Balaban J connectivity index is 0.000000230. The molecule has 4 nitrogen and oxygen atoms in total. The maximum Gasteiger partial charge on any atom is 0.416 e. The van der Waals surface area contributed by atoms with E-state index in [0.717, 1.165) is 55.3 Å². The van der Waals surface area contributed by atoms with Crippen molar-refractivity contribution in [3.63, 3.8) is 0 Å². The number of pyridine rings is 1. The molecule has 3 heterocycles. The Morgan fingerprint density at radius 2 is 1.95 bits per heavy atom. The van der Waals surface area contributed by atoms with E-state index in [0.29, 0.717) is 11.7 Å². The molecule has 2 aliphatic rings. The van der Waals surface area contributed by atoms with Crippen LogP contribution in [0.1, 0.15) is 82.3 Å². The van der Waals surface area contributed by atoms with E-state index >= 15 is 0 Å². The molecule has 0 spiro atoms. The second-order valence-corrected chi connectivity index (χ2v) is 9.67. The lowest BCUT2D eigenvalue weighted by molar-refractivity contribution is -0.0883. The van der Waals surface area contributed by atoms with Crippen molar-refractivity contribution in [1.82, 2.24) is 14.8 Å². The van der Waals surface area contributed by atoms with Crippen molar-refractivity contribution in [3.05, 3.63) is 87.7 Å². The number of hydrogen-bond acceptors (Lipinski definition) is 3. The highest BCUT2D eigenvalue weighted by atomic mass is 19.4. The summed E-state index contributed by atoms with van der Waals surface area (Å²) in [4.78, 5) is 4.16. The van der Waals surface area contributed by atoms with Gasteiger partial charge < -0.3 is 5.73 Å². The SMILES string of the molecule is CC(C)=C1C=Cc2ccnc(N)c2C1C.C\C=C(F)/C(=C\C(=C\CC)C(F)(F)F)c1cc2n(n1)CCCC2. The van der Waals surface area contributed by atoms with Crippen molar-refractivity contribution in [2.75, 3.05) is 5.73 Å². The number of anilines is 1. The molecule has 204 valence electrons. The van der Waals surface area contributed by atoms with Crippen molar-refractivity contribution < 1.29 is 17.6 Å². The molecule has 1 aliphatic heterocycles. The molecule has 0 fully saturated rings. The number of rotatable bonds is 4. The van der Waals surface area contributed by atoms with Gasteiger partial charge in [0.2, 0.25) is 0 Å². The van der Waals surface area contributed by atoms with Crippen LogP contribution >= 0.6 is 0 Å². The van der Waals surface area contributed by atoms with Crippen LogP contribution in [0.3, 0.4) is 0 Å². The van der Waals surface area contributed by atoms with E-state index in [1.165, 1.54) is 23.6 Å². The largest absolute Gasteiger partial charge is 0.416 e. The Morgan fingerprint density at radius 1 is 1.21 bits per heavy atom. The summed E-state index contributed by atoms with van der Waals surface area (Å²) < 4.78 is 55.2. The van der Waals surface area contributed by atoms with E-state index in [1.807, 2.05) is 6.07 Å². The Morgan fingerprint density at radius 3 is 2.55 bits per heavy atom. The van der Waals surface area contributed by atoms with Gasteiger partial charge in [-0.3, -0.25) is 4.68 Å². The van der Waals surface area contributed by atoms with Crippen LogP contribution in [0.15, 0.2) is 65.2 Å². The zero-order chi connectivity index (χ0) is 28.0. The number of hydrogen-bond donors (Lipinski definition) is 1. The van der Waals surface area contributed by atoms with Crippen LogP contribution in [0, 0.1) is 0 Å². The smallest absolute Gasteiger partial charge is 0.383 e. The molecule has 2 aromatic rings. The maximum absolute atomic E-state index is 14.2. The fourth-order valence-corrected chi connectivity index (χ4v) is 4.80. The number of alkyl halides is 3. The molecular formula is C30H36F4N4. The van der Waals surface area contributed by atoms with E-state index in [-0.39, 0.29) is 17.7 Å². The maximum atomic E-state index is 14.2. The minimum atomic E-state index is -4.52. The highest BCUT2D eigenvalue weighted by molar-refractivity contribution is 5.77. The van der Waals surface area contributed by atoms with Gasteiger partial charge in [-0.2, -0.15) is 18.3 Å². The van der Waals surface area contributed by atoms with Gasteiger partial charge in [0, 0.05) is 35.5 Å². The molecule has 0 amide bonds. The van der Waals surface area contributed by atoms with Crippen molar-refractivity contribution in [2.45, 2.75) is 78.9 Å². The van der Waals surface area contributed by atoms with Gasteiger partial charge in [-0.25, -0.2) is 9.37 Å². The topological polar surface area (TPSA) is 56.7 Å². The average Bonchev–Trinajstić information content (AvgIpc) is 3.29. The Labute approximate surface area is 222 Å². The van der Waals surface area contributed by atoms with E-state index in [4.69, 9.17) is 5.73 Å². The first-order chi connectivity index (χ1) is 18.0. The summed E-state index contributed by atoms with van der Waals surface area (Å²) in [7, 11) is 0. The van der Waals surface area contributed by atoms with Crippen LogP contribution in [0.4, 0.5) is 23.4 Å². The molecule has 2 aromatic heterocycles. The number of fused-ring (bicyclic) bond motifs is 2. The predicted octanol–water partition coefficient (Wildman–Crippen LogP) is 8.51. The van der Waals surface area contributed by atoms with E-state index in [1.54, 1.807) is 23.9 Å². The van der Waals surface area contributed by atoms with Gasteiger partial charge in [0.05, 0.1) is 11.3 Å². The van der Waals surface area contributed by atoms with Crippen LogP contribution in [0.2, 0.25) is 0 Å². The summed E-state index contributed by atoms with van der Waals surface area (Å²) in [6.07, 6.45) is 7.63. The summed E-state index contributed by atoms with van der Waals surface area (Å²) in [6, 6.07) is 3.70. The lowest BCUT2D eigenvalue weighted by atomic mass is 9.83. The third-order valence-corrected chi connectivity index (χ3v) is 6.73. The monoisotopic (exact) mass is 528 g/mol. The fraction of sp³-hybridized carbons (Fsp3) is 0.400. The number of nitrogens with zero attached hydrogens (tertiary/aromatic N) is 3. The minimum absolute atomic E-state index is 0.119. The van der Waals surface area contributed by atoms with E-state index in [9.17, 15) is 17.6 Å². The quantitative estimate of drug-likeness (QED) is 0.320. The van der Waals surface area contributed by atoms with Gasteiger partial charge in [0.15, 0.2) is 0 Å². The lowest BCUT2D eigenvalue weighted by Crippen LogP contribution is -2.11. The van der Waals surface area contributed by atoms with Crippen LogP contribution in [-0.2, 0) is 13.0 Å². The molecule has 0 aromatic carbocycles. The highest BCUT2D eigenvalue weighted by Gasteiger charge is 2.33. The predicted molar refractivity (Wildman–Crippen MR) is 147 cm³/mol. The summed E-state index contributed by atoms with van der Waals surface area (Å²) in [5.74, 6) is 0.304. The Hall–Kier alpha value is -3.42. The molecule has 38 heavy (non-hydrogen) atoms. The molecule has 8 heteroatoms. The third-order valence-electron chi connectivity index (χ3n) is 6.73. The number of aryl methyl sites for hydroxylation is 2. The van der Waals surface area contributed by atoms with Gasteiger partial charge in [0.1, 0.15) is 11.6 Å². The van der Waals surface area contributed by atoms with Gasteiger partial charge >= 0.3 is 6.18 Å². The van der Waals surface area contributed by atoms with Crippen molar-refractivity contribution >= 4 is 17.5 Å². The van der Waals surface area contributed by atoms with Gasteiger partial charge in [-0.15, -0.1) is 0 Å². The number of nitrogen functional groups attached to an aromatic ring is 1. The molecule has 4 rings (SSSR count).